The summed E-state index contributed by atoms with van der Waals surface area (Å²) in [4.78, 5) is 2.35. The van der Waals surface area contributed by atoms with Crippen LogP contribution in [0.2, 0.25) is 0 Å². The third-order valence-electron chi connectivity index (χ3n) is 18.4. The average Bonchev–Trinajstić information content (AvgIpc) is 1.82. The Morgan fingerprint density at radius 3 is 0.967 bits per heavy atom. The van der Waals surface area contributed by atoms with Crippen molar-refractivity contribution in [2.75, 3.05) is 4.90 Å². The van der Waals surface area contributed by atoms with E-state index in [0.717, 1.165) is 70.6 Å². The SMILES string of the molecule is Brc1cc2ccc3cccc4oc(c1)c2c34.Brc1ccc(-c2cc3ccc4cccc5oc(c2)c3c45)cc1.c1ccc2c(-c3ccc(N(c4ccc(-c5cc6ccc7cccc8oc(c5)c6c78)cc4)c4ccc(-c5cccc6ccccc56)cc4)cc3)cccc2c1. The Morgan fingerprint density at radius 2 is 0.533 bits per heavy atom. The number of hydrogen-bond donors (Lipinski definition) is 0. The molecule has 0 aliphatic rings. The quantitative estimate of drug-likeness (QED) is 0.149. The molecule has 0 saturated carbocycles. The van der Waals surface area contributed by atoms with E-state index in [1.807, 2.05) is 30.3 Å². The lowest BCUT2D eigenvalue weighted by Gasteiger charge is -2.26. The van der Waals surface area contributed by atoms with Crippen molar-refractivity contribution in [1.82, 2.24) is 0 Å². The predicted molar refractivity (Wildman–Crippen MR) is 394 cm³/mol. The first-order valence-electron chi connectivity index (χ1n) is 30.9. The standard InChI is InChI=1S/C52H33NO.C20H11BrO.C14H7BrO/c1-3-13-45-35(8-1)10-5-15-47(45)37-22-28-43(29-23-37)53(44-30-24-38(25-31-44)48-16-6-11-36-9-2-4-14-46(36)48)42-26-20-34(21-27-42)41-32-40-19-18-39-12-7-17-49-51(39)52(40)50(33-41)54-49;21-16-8-6-12(7-9-16)15-10-14-5-4-13-2-1-3-17-19(13)20(14)18(11-15)22-17;15-10-6-9-5-4-8-2-1-3-11-13(8)14(9)12(7-10)16-11/h1-33H;1-11H;1-7H. The van der Waals surface area contributed by atoms with Crippen molar-refractivity contribution in [3.05, 3.63) is 318 Å². The molecule has 0 fully saturated rings. The van der Waals surface area contributed by atoms with Crippen LogP contribution in [0.3, 0.4) is 0 Å². The Morgan fingerprint density at radius 1 is 0.207 bits per heavy atom. The summed E-state index contributed by atoms with van der Waals surface area (Å²) in [6.07, 6.45) is 0. The van der Waals surface area contributed by atoms with Gasteiger partial charge in [-0.1, -0.05) is 238 Å². The second-order valence-corrected chi connectivity index (χ2v) is 25.6. The monoisotopic (exact) mass is 1300 g/mol. The third kappa shape index (κ3) is 9.24. The van der Waals surface area contributed by atoms with Crippen LogP contribution < -0.4 is 4.90 Å². The Balaban J connectivity index is 0.000000132. The van der Waals surface area contributed by atoms with Gasteiger partial charge in [0, 0.05) is 58.3 Å². The maximum Gasteiger partial charge on any atom is 0.137 e. The summed E-state index contributed by atoms with van der Waals surface area (Å²) in [5.41, 5.74) is 18.5. The molecule has 0 amide bonds. The van der Waals surface area contributed by atoms with Gasteiger partial charge in [0.15, 0.2) is 0 Å². The van der Waals surface area contributed by atoms with Gasteiger partial charge < -0.3 is 18.2 Å². The predicted octanol–water partition coefficient (Wildman–Crippen LogP) is 26.5. The van der Waals surface area contributed by atoms with E-state index in [1.54, 1.807) is 0 Å². The highest BCUT2D eigenvalue weighted by atomic mass is 79.9. The van der Waals surface area contributed by atoms with Crippen molar-refractivity contribution in [3.63, 3.8) is 0 Å². The summed E-state index contributed by atoms with van der Waals surface area (Å²) in [5, 5.41) is 19.7. The summed E-state index contributed by atoms with van der Waals surface area (Å²) in [6, 6.07) is 110. The molecule has 0 radical (unpaired) electrons. The number of nitrogens with zero attached hydrogens (tertiary/aromatic N) is 1. The third-order valence-corrected chi connectivity index (χ3v) is 19.4. The van der Waals surface area contributed by atoms with Gasteiger partial charge in [-0.2, -0.15) is 0 Å². The number of anilines is 3. The van der Waals surface area contributed by atoms with E-state index in [1.165, 1.54) is 120 Å². The summed E-state index contributed by atoms with van der Waals surface area (Å²) in [5.74, 6) is 0. The largest absolute Gasteiger partial charge is 0.456 e. The van der Waals surface area contributed by atoms with E-state index in [9.17, 15) is 0 Å². The minimum absolute atomic E-state index is 0.928. The van der Waals surface area contributed by atoms with Crippen LogP contribution in [0.1, 0.15) is 0 Å². The van der Waals surface area contributed by atoms with Gasteiger partial charge >= 0.3 is 0 Å². The number of halogens is 2. The number of hydrogen-bond acceptors (Lipinski definition) is 4. The molecule has 0 spiro atoms. The van der Waals surface area contributed by atoms with Crippen LogP contribution in [-0.4, -0.2) is 0 Å². The molecule has 0 atom stereocenters. The topological polar surface area (TPSA) is 42.7 Å². The van der Waals surface area contributed by atoms with Gasteiger partial charge in [-0.25, -0.2) is 0 Å². The highest BCUT2D eigenvalue weighted by molar-refractivity contribution is 9.10. The van der Waals surface area contributed by atoms with Crippen molar-refractivity contribution >= 4 is 169 Å². The molecule has 432 valence electrons. The Bertz CT molecular complexity index is 6010. The molecule has 0 bridgehead atoms. The Labute approximate surface area is 545 Å². The smallest absolute Gasteiger partial charge is 0.137 e. The zero-order valence-electron chi connectivity index (χ0n) is 49.4. The summed E-state index contributed by atoms with van der Waals surface area (Å²) >= 11 is 7.00. The Hall–Kier alpha value is -11.0. The van der Waals surface area contributed by atoms with Crippen molar-refractivity contribution in [2.45, 2.75) is 0 Å². The fourth-order valence-corrected chi connectivity index (χ4v) is 14.8. The first-order chi connectivity index (χ1) is 45.4. The van der Waals surface area contributed by atoms with E-state index in [0.29, 0.717) is 0 Å². The number of benzene rings is 17. The van der Waals surface area contributed by atoms with Crippen LogP contribution in [0.25, 0.3) is 164 Å². The Kier molecular flexibility index (Phi) is 12.8. The minimum Gasteiger partial charge on any atom is -0.456 e. The maximum atomic E-state index is 6.38. The van der Waals surface area contributed by atoms with E-state index in [2.05, 4.69) is 316 Å². The highest BCUT2D eigenvalue weighted by Gasteiger charge is 2.20. The number of rotatable bonds is 7. The van der Waals surface area contributed by atoms with Gasteiger partial charge in [0.25, 0.3) is 0 Å². The molecule has 20 rings (SSSR count). The lowest BCUT2D eigenvalue weighted by molar-refractivity contribution is 0.669. The van der Waals surface area contributed by atoms with Crippen LogP contribution in [-0.2, 0) is 0 Å². The highest BCUT2D eigenvalue weighted by Crippen LogP contribution is 2.45. The van der Waals surface area contributed by atoms with Crippen molar-refractivity contribution in [1.29, 1.82) is 0 Å². The molecule has 0 N–H and O–H groups in total. The molecule has 0 aliphatic carbocycles. The van der Waals surface area contributed by atoms with Gasteiger partial charge in [-0.3, -0.25) is 0 Å². The molecular weight excluding hydrogens is 1250 g/mol. The van der Waals surface area contributed by atoms with Gasteiger partial charge in [-0.05, 0) is 201 Å². The molecule has 20 aromatic rings. The zero-order chi connectivity index (χ0) is 61.0. The second-order valence-electron chi connectivity index (χ2n) is 23.7. The first kappa shape index (κ1) is 54.0. The van der Waals surface area contributed by atoms with Gasteiger partial charge in [0.2, 0.25) is 0 Å². The van der Waals surface area contributed by atoms with Crippen LogP contribution >= 0.6 is 31.9 Å². The molecular formula is C86H51Br2NO3. The average molecular weight is 1310 g/mol. The molecule has 3 aromatic heterocycles. The molecule has 92 heavy (non-hydrogen) atoms. The van der Waals surface area contributed by atoms with E-state index in [4.69, 9.17) is 13.3 Å². The number of fused-ring (bicyclic) bond motifs is 2. The molecule has 4 nitrogen and oxygen atoms in total. The van der Waals surface area contributed by atoms with Crippen LogP contribution in [0.15, 0.2) is 332 Å². The van der Waals surface area contributed by atoms with Crippen molar-refractivity contribution < 1.29 is 13.3 Å². The number of furan rings is 3. The summed E-state index contributed by atoms with van der Waals surface area (Å²) in [7, 11) is 0. The van der Waals surface area contributed by atoms with Crippen LogP contribution in [0.4, 0.5) is 17.1 Å². The van der Waals surface area contributed by atoms with Gasteiger partial charge in [0.05, 0.1) is 0 Å². The zero-order valence-corrected chi connectivity index (χ0v) is 52.5. The molecule has 0 saturated heterocycles. The fraction of sp³-hybridized carbons (Fsp3) is 0. The van der Waals surface area contributed by atoms with E-state index in [-0.39, 0.29) is 0 Å². The van der Waals surface area contributed by atoms with Crippen LogP contribution in [0.5, 0.6) is 0 Å². The summed E-state index contributed by atoms with van der Waals surface area (Å²) in [6.45, 7) is 0. The minimum atomic E-state index is 0.928. The molecule has 0 unspecified atom stereocenters. The second kappa shape index (κ2) is 21.9. The molecule has 17 aromatic carbocycles. The van der Waals surface area contributed by atoms with Crippen molar-refractivity contribution in [2.24, 2.45) is 0 Å². The van der Waals surface area contributed by atoms with E-state index >= 15 is 0 Å². The van der Waals surface area contributed by atoms with Gasteiger partial charge in [0.1, 0.15) is 33.5 Å². The maximum absolute atomic E-state index is 6.38. The fourth-order valence-electron chi connectivity index (χ4n) is 14.1. The summed E-state index contributed by atoms with van der Waals surface area (Å²) < 4.78 is 20.5. The van der Waals surface area contributed by atoms with Crippen LogP contribution in [0, 0.1) is 0 Å². The van der Waals surface area contributed by atoms with Gasteiger partial charge in [-0.15, -0.1) is 0 Å². The molecule has 0 aliphatic heterocycles. The first-order valence-corrected chi connectivity index (χ1v) is 32.5. The molecule has 3 heterocycles. The van der Waals surface area contributed by atoms with Crippen molar-refractivity contribution in [3.8, 4) is 44.5 Å². The molecule has 6 heteroatoms. The lowest BCUT2D eigenvalue weighted by Crippen LogP contribution is -2.09. The lowest BCUT2D eigenvalue weighted by atomic mass is 9.97. The normalized spacial score (nSPS) is 11.8. The van der Waals surface area contributed by atoms with E-state index < -0.39 is 0 Å².